The fraction of sp³-hybridized carbons (Fsp3) is 0.938. The summed E-state index contributed by atoms with van der Waals surface area (Å²) in [6.07, 6.45) is -0.707. The zero-order valence-electron chi connectivity index (χ0n) is 19.7. The molecule has 0 saturated heterocycles. The first-order valence-corrected chi connectivity index (χ1v) is 24.7. The van der Waals surface area contributed by atoms with Gasteiger partial charge in [0.25, 0.3) is 0 Å². The largest absolute Gasteiger partial charge is 0.455 e. The number of rotatable bonds is 13. The molecule has 0 N–H and O–H groups in total. The van der Waals surface area contributed by atoms with E-state index in [0.717, 1.165) is 6.29 Å². The van der Waals surface area contributed by atoms with Gasteiger partial charge in [-0.25, -0.2) is 4.57 Å². The van der Waals surface area contributed by atoms with Gasteiger partial charge in [0.05, 0.1) is 6.61 Å². The molecule has 0 radical (unpaired) electrons. The van der Waals surface area contributed by atoms with Crippen LogP contribution in [-0.2, 0) is 31.2 Å². The molecule has 168 valence electrons. The predicted octanol–water partition coefficient (Wildman–Crippen LogP) is 5.45. The molecule has 12 heteroatoms. The molecule has 0 aromatic rings. The van der Waals surface area contributed by atoms with E-state index in [9.17, 15) is 9.36 Å². The van der Waals surface area contributed by atoms with Crippen LogP contribution >= 0.6 is 7.82 Å². The zero-order chi connectivity index (χ0) is 22.6. The van der Waals surface area contributed by atoms with Gasteiger partial charge in [0.1, 0.15) is 18.5 Å². The fourth-order valence-electron chi connectivity index (χ4n) is 2.16. The number of carbonyl (C=O) groups is 1. The van der Waals surface area contributed by atoms with Crippen LogP contribution in [0.4, 0.5) is 0 Å². The first-order valence-electron chi connectivity index (χ1n) is 9.62. The third-order valence-corrected chi connectivity index (χ3v) is 11.3. The van der Waals surface area contributed by atoms with Crippen molar-refractivity contribution >= 4 is 47.4 Å². The number of hydrogen-bond donors (Lipinski definition) is 0. The van der Waals surface area contributed by atoms with Gasteiger partial charge >= 0.3 is 7.82 Å². The molecular weight excluding hydrogens is 447 g/mol. The smallest absolute Gasteiger partial charge is 0.409 e. The van der Waals surface area contributed by atoms with Crippen LogP contribution in [0.5, 0.6) is 0 Å². The van der Waals surface area contributed by atoms with Crippen molar-refractivity contribution in [2.45, 2.75) is 90.8 Å². The Bertz CT molecular complexity index is 527. The summed E-state index contributed by atoms with van der Waals surface area (Å²) in [6.45, 7) is 23.5. The van der Waals surface area contributed by atoms with Crippen molar-refractivity contribution in [2.24, 2.45) is 0 Å². The Morgan fingerprint density at radius 3 is 1.39 bits per heavy atom. The molecule has 0 aliphatic carbocycles. The minimum atomic E-state index is -3.78. The highest BCUT2D eigenvalue weighted by Crippen LogP contribution is 2.54. The van der Waals surface area contributed by atoms with Crippen LogP contribution in [0.15, 0.2) is 0 Å². The van der Waals surface area contributed by atoms with Gasteiger partial charge in [-0.1, -0.05) is 0 Å². The molecule has 28 heavy (non-hydrogen) atoms. The Hall–Kier alpha value is 0.568. The van der Waals surface area contributed by atoms with Crippen LogP contribution in [0.1, 0.15) is 0 Å². The lowest BCUT2D eigenvalue weighted by Gasteiger charge is -2.35. The third-order valence-electron chi connectivity index (χ3n) is 2.66. The van der Waals surface area contributed by atoms with E-state index in [4.69, 9.17) is 21.8 Å². The molecule has 0 amide bonds. The standard InChI is InChI=1S/C16H41O7PSi4/c1-25(2,3)20-15(13-17)16(21-26(4,5)6)14-19-24(18,22-27(7,8)9)23-28(10,11)12/h13,15-16H,14H2,1-12H3/t15-,16+/m0/s1. The molecule has 0 aliphatic heterocycles. The molecule has 0 aromatic heterocycles. The van der Waals surface area contributed by atoms with Gasteiger partial charge in [-0.05, 0) is 78.6 Å². The number of carbonyl (C=O) groups excluding carboxylic acids is 1. The lowest BCUT2D eigenvalue weighted by molar-refractivity contribution is -0.119. The van der Waals surface area contributed by atoms with E-state index in [1.54, 1.807) is 0 Å². The molecule has 0 heterocycles. The number of aldehydes is 1. The molecule has 0 unspecified atom stereocenters. The van der Waals surface area contributed by atoms with Gasteiger partial charge in [0.2, 0.25) is 0 Å². The van der Waals surface area contributed by atoms with E-state index >= 15 is 0 Å². The molecule has 0 rings (SSSR count). The van der Waals surface area contributed by atoms with Crippen LogP contribution in [0, 0.1) is 0 Å². The normalized spacial score (nSPS) is 16.7. The van der Waals surface area contributed by atoms with Crippen LogP contribution in [0.3, 0.4) is 0 Å². The summed E-state index contributed by atoms with van der Waals surface area (Å²) in [5.74, 6) is 0. The molecule has 0 aliphatic rings. The summed E-state index contributed by atoms with van der Waals surface area (Å²) in [6, 6.07) is 0. The lowest BCUT2D eigenvalue weighted by Crippen LogP contribution is -2.47. The molecule has 0 bridgehead atoms. The van der Waals surface area contributed by atoms with Crippen molar-refractivity contribution in [3.8, 4) is 0 Å². The summed E-state index contributed by atoms with van der Waals surface area (Å²) in [5.41, 5.74) is 0. The summed E-state index contributed by atoms with van der Waals surface area (Å²) in [5, 5.41) is 0. The van der Waals surface area contributed by atoms with E-state index in [2.05, 4.69) is 0 Å². The summed E-state index contributed by atoms with van der Waals surface area (Å²) >= 11 is 0. The molecule has 2 atom stereocenters. The fourth-order valence-corrected chi connectivity index (χ4v) is 10.9. The maximum atomic E-state index is 13.3. The van der Waals surface area contributed by atoms with Crippen LogP contribution in [0.2, 0.25) is 78.6 Å². The van der Waals surface area contributed by atoms with Crippen LogP contribution in [0.25, 0.3) is 0 Å². The third kappa shape index (κ3) is 14.5. The molecule has 0 spiro atoms. The Morgan fingerprint density at radius 1 is 0.714 bits per heavy atom. The average Bonchev–Trinajstić information content (AvgIpc) is 2.34. The summed E-state index contributed by atoms with van der Waals surface area (Å²) in [4.78, 5) is 11.8. The molecule has 0 fully saturated rings. The van der Waals surface area contributed by atoms with Crippen molar-refractivity contribution in [3.05, 3.63) is 0 Å². The van der Waals surface area contributed by atoms with Gasteiger partial charge in [0, 0.05) is 0 Å². The van der Waals surface area contributed by atoms with Gasteiger partial charge < -0.3 is 22.1 Å². The Morgan fingerprint density at radius 2 is 1.11 bits per heavy atom. The SMILES string of the molecule is C[Si](C)(C)O[C@@H](C=O)[C@@H](COP(=O)(O[Si](C)(C)C)O[Si](C)(C)C)O[Si](C)(C)C. The first kappa shape index (κ1) is 28.6. The van der Waals surface area contributed by atoms with E-state index in [0.29, 0.717) is 0 Å². The minimum absolute atomic E-state index is 0.0929. The van der Waals surface area contributed by atoms with Gasteiger partial charge in [-0.2, -0.15) is 0 Å². The molecule has 0 saturated carbocycles. The highest BCUT2D eigenvalue weighted by atomic mass is 31.2. The van der Waals surface area contributed by atoms with Crippen molar-refractivity contribution in [1.82, 2.24) is 0 Å². The molecular formula is C16H41O7PSi4. The number of hydrogen-bond acceptors (Lipinski definition) is 7. The second kappa shape index (κ2) is 10.3. The van der Waals surface area contributed by atoms with E-state index in [1.807, 2.05) is 78.6 Å². The van der Waals surface area contributed by atoms with Gasteiger partial charge in [0.15, 0.2) is 33.3 Å². The van der Waals surface area contributed by atoms with Gasteiger partial charge in [-0.15, -0.1) is 0 Å². The Labute approximate surface area is 176 Å². The van der Waals surface area contributed by atoms with Crippen molar-refractivity contribution in [1.29, 1.82) is 0 Å². The van der Waals surface area contributed by atoms with Crippen molar-refractivity contribution in [2.75, 3.05) is 6.61 Å². The Balaban J connectivity index is 5.61. The van der Waals surface area contributed by atoms with Crippen LogP contribution in [-0.4, -0.2) is 58.4 Å². The Kier molecular flexibility index (Phi) is 10.5. The van der Waals surface area contributed by atoms with Crippen LogP contribution < -0.4 is 0 Å². The van der Waals surface area contributed by atoms with Gasteiger partial charge in [-0.3, -0.25) is 4.52 Å². The second-order valence-corrected chi connectivity index (χ2v) is 30.7. The van der Waals surface area contributed by atoms with Crippen molar-refractivity contribution < 1.29 is 31.2 Å². The average molecular weight is 489 g/mol. The highest BCUT2D eigenvalue weighted by molar-refractivity contribution is 7.52. The first-order chi connectivity index (χ1) is 12.1. The predicted molar refractivity (Wildman–Crippen MR) is 125 cm³/mol. The summed E-state index contributed by atoms with van der Waals surface area (Å²) < 4.78 is 42.9. The number of phosphoric acid groups is 1. The molecule has 7 nitrogen and oxygen atoms in total. The maximum Gasteiger partial charge on any atom is 0.455 e. The lowest BCUT2D eigenvalue weighted by atomic mass is 10.2. The minimum Gasteiger partial charge on any atom is -0.409 e. The quantitative estimate of drug-likeness (QED) is 0.194. The van der Waals surface area contributed by atoms with E-state index in [-0.39, 0.29) is 6.61 Å². The second-order valence-electron chi connectivity index (χ2n) is 10.7. The topological polar surface area (TPSA) is 80.3 Å². The maximum absolute atomic E-state index is 13.3. The van der Waals surface area contributed by atoms with E-state index in [1.165, 1.54) is 0 Å². The monoisotopic (exact) mass is 488 g/mol. The highest BCUT2D eigenvalue weighted by Gasteiger charge is 2.40. The van der Waals surface area contributed by atoms with E-state index < -0.39 is 53.3 Å². The zero-order valence-corrected chi connectivity index (χ0v) is 24.6. The summed E-state index contributed by atoms with van der Waals surface area (Å²) in [7, 11) is -12.2. The molecule has 0 aromatic carbocycles. The van der Waals surface area contributed by atoms with Crippen molar-refractivity contribution in [3.63, 3.8) is 0 Å².